The lowest BCUT2D eigenvalue weighted by Crippen LogP contribution is -2.60. The third kappa shape index (κ3) is 34.4. The number of aliphatic hydroxyl groups excluding tert-OH is 1. The first-order chi connectivity index (χ1) is 52.3. The molecule has 13 atom stereocenters. The summed E-state index contributed by atoms with van der Waals surface area (Å²) in [5, 5.41) is 61.3. The van der Waals surface area contributed by atoms with E-state index in [0.29, 0.717) is 0 Å². The number of carbonyl (C=O) groups is 18. The van der Waals surface area contributed by atoms with Gasteiger partial charge in [0.25, 0.3) is 0 Å². The normalized spacial score (nSPS) is 21.9. The van der Waals surface area contributed by atoms with E-state index in [-0.39, 0.29) is 120 Å². The van der Waals surface area contributed by atoms with Crippen LogP contribution in [0.3, 0.4) is 0 Å². The standard InChI is InChI=1S/C65H108N22O21S3/c1-31(2)22-38(77-47(90)26-74-53(98)42(28-88)84-57(102)40(24-49(92)93)76-34(6)89)55(100)85-44-30-111-110-29-43(58(103)83-41(25-50(94)95)63(108)87-20-10-14-45(87)60(105)75-33(5)51(66)96)78-48(91)27-73-52(97)35(12-8-17-71-64(67)68)79-56(101)39(23-32(3)4)82-54(99)36(13-9-18-72-65(69)70)80-61(106)46-15-11-19-86(46)62(107)37(16-21-109-7)81-59(44)104/h31-33,35-46,88H,8-30H2,1-7H3,(H2,66,96)(H,73,97)(H,74,98)(H,75,105)(H,76,89)(H,77,90)(H,78,91)(H,79,101)(H,80,106)(H,81,104)(H,82,99)(H,83,103)(H,84,102)(H,85,100)(H,92,93)(H,94,95)(H4,67,68,71)(H4,69,70,72)/t33-,35-,36-,37-,38-,39-,40-,41-,42-,43-,44-,45-,46-/m0/s1. The topological polar surface area (TPSA) is 686 Å². The fourth-order valence-corrected chi connectivity index (χ4v) is 14.4. The number of nitrogens with two attached hydrogens (primary N) is 5. The van der Waals surface area contributed by atoms with Gasteiger partial charge in [0.1, 0.15) is 78.5 Å². The molecule has 0 aromatic carbocycles. The van der Waals surface area contributed by atoms with Crippen molar-refractivity contribution in [1.29, 1.82) is 0 Å². The largest absolute Gasteiger partial charge is 0.481 e. The van der Waals surface area contributed by atoms with E-state index in [1.54, 1.807) is 34.0 Å². The molecule has 3 heterocycles. The van der Waals surface area contributed by atoms with Gasteiger partial charge in [-0.3, -0.25) is 96.3 Å². The summed E-state index contributed by atoms with van der Waals surface area (Å²) in [6.07, 6.45) is -0.139. The SMILES string of the molecule is CSCC[C@@H]1NC(=O)[C@@H](NC(=O)[C@H](CC(C)C)NC(=O)CNC(=O)[C@H](CO)NC(=O)[C@H](CC(=O)O)NC(C)=O)CSSC[C@@H](C(=O)N[C@@H](CC(=O)O)C(=O)N2CCC[C@H]2C(=O)N[C@@H](C)C(N)=O)NC(=O)CNC(=O)[C@H](CCCN=C(N)N)NC(=O)[C@H](CC(C)C)NC(=O)[C@H](CCCN=C(N)N)NC(=O)[C@@H]2CCCN2C1=O. The third-order valence-electron chi connectivity index (χ3n) is 17.1. The Bertz CT molecular complexity index is 3370. The molecule has 0 aromatic heterocycles. The highest BCUT2D eigenvalue weighted by Crippen LogP contribution is 2.26. The quantitative estimate of drug-likeness (QED) is 0.0121. The number of hydrogen-bond acceptors (Lipinski definition) is 24. The minimum Gasteiger partial charge on any atom is -0.481 e. The minimum absolute atomic E-state index is 0.0181. The Morgan fingerprint density at radius 1 is 0.604 bits per heavy atom. The molecule has 16 amide bonds. The molecule has 3 aliphatic heterocycles. The van der Waals surface area contributed by atoms with Crippen molar-refractivity contribution in [2.24, 2.45) is 50.5 Å². The van der Waals surface area contributed by atoms with E-state index in [1.807, 2.05) is 0 Å². The number of rotatable bonds is 35. The highest BCUT2D eigenvalue weighted by atomic mass is 33.1. The van der Waals surface area contributed by atoms with E-state index in [1.165, 1.54) is 23.6 Å². The van der Waals surface area contributed by atoms with Crippen molar-refractivity contribution in [2.75, 3.05) is 69.4 Å². The second-order valence-electron chi connectivity index (χ2n) is 27.3. The van der Waals surface area contributed by atoms with Crippen molar-refractivity contribution < 1.29 is 102 Å². The highest BCUT2D eigenvalue weighted by Gasteiger charge is 2.43. The Balaban J connectivity index is 2.27. The van der Waals surface area contributed by atoms with E-state index < -0.39 is 235 Å². The lowest BCUT2D eigenvalue weighted by atomic mass is 10.0. The first kappa shape index (κ1) is 95.2. The maximum atomic E-state index is 15.1. The predicted molar refractivity (Wildman–Crippen MR) is 406 cm³/mol. The molecule has 0 radical (unpaired) electrons. The Morgan fingerprint density at radius 3 is 1.76 bits per heavy atom. The fourth-order valence-electron chi connectivity index (χ4n) is 11.6. The monoisotopic (exact) mass is 1630 g/mol. The van der Waals surface area contributed by atoms with Crippen LogP contribution in [0.4, 0.5) is 0 Å². The van der Waals surface area contributed by atoms with Gasteiger partial charge in [0.15, 0.2) is 11.9 Å². The minimum atomic E-state index is -1.93. The smallest absolute Gasteiger partial charge is 0.305 e. The van der Waals surface area contributed by atoms with Crippen LogP contribution in [0, 0.1) is 11.8 Å². The van der Waals surface area contributed by atoms with Crippen LogP contribution < -0.4 is 97.8 Å². The molecule has 3 rings (SSSR count). The molecular weight excluding hydrogens is 1520 g/mol. The molecule has 0 spiro atoms. The molecular formula is C65H108N22O21S3. The number of nitrogens with zero attached hydrogens (tertiary/aromatic N) is 4. The number of aliphatic carboxylic acids is 2. The van der Waals surface area contributed by atoms with Gasteiger partial charge in [-0.15, -0.1) is 0 Å². The van der Waals surface area contributed by atoms with Gasteiger partial charge in [-0.25, -0.2) is 0 Å². The molecule has 0 aliphatic carbocycles. The maximum absolute atomic E-state index is 15.1. The molecule has 3 fully saturated rings. The number of thioether (sulfide) groups is 1. The molecule has 0 unspecified atom stereocenters. The molecule has 43 nitrogen and oxygen atoms in total. The number of hydrogen-bond donors (Lipinski definition) is 21. The maximum Gasteiger partial charge on any atom is 0.305 e. The average Bonchev–Trinajstić information content (AvgIpc) is 1.74. The zero-order chi connectivity index (χ0) is 83.4. The van der Waals surface area contributed by atoms with Gasteiger partial charge in [-0.1, -0.05) is 49.3 Å². The number of likely N-dealkylation sites (tertiary alicyclic amines) is 1. The lowest BCUT2D eigenvalue weighted by Gasteiger charge is -2.31. The van der Waals surface area contributed by atoms with Crippen LogP contribution in [-0.2, 0) is 86.3 Å². The van der Waals surface area contributed by atoms with Crippen LogP contribution in [0.2, 0.25) is 0 Å². The van der Waals surface area contributed by atoms with Crippen LogP contribution in [0.15, 0.2) is 9.98 Å². The zero-order valence-corrected chi connectivity index (χ0v) is 65.5. The molecule has 0 aromatic rings. The van der Waals surface area contributed by atoms with Gasteiger partial charge >= 0.3 is 11.9 Å². The molecule has 622 valence electrons. The van der Waals surface area contributed by atoms with Crippen LogP contribution in [0.5, 0.6) is 0 Å². The Labute approximate surface area is 652 Å². The van der Waals surface area contributed by atoms with Crippen molar-refractivity contribution in [3.8, 4) is 0 Å². The summed E-state index contributed by atoms with van der Waals surface area (Å²) in [5.74, 6) is -20.8. The molecule has 0 saturated carbocycles. The summed E-state index contributed by atoms with van der Waals surface area (Å²) >= 11 is 1.28. The summed E-state index contributed by atoms with van der Waals surface area (Å²) in [5.41, 5.74) is 27.6. The van der Waals surface area contributed by atoms with Crippen molar-refractivity contribution in [1.82, 2.24) is 78.9 Å². The van der Waals surface area contributed by atoms with E-state index in [9.17, 15) is 92.0 Å². The second kappa shape index (κ2) is 48.6. The lowest BCUT2D eigenvalue weighted by molar-refractivity contribution is -0.146. The van der Waals surface area contributed by atoms with E-state index in [4.69, 9.17) is 28.7 Å². The highest BCUT2D eigenvalue weighted by molar-refractivity contribution is 8.76. The Kier molecular flexibility index (Phi) is 41.7. The number of amides is 16. The molecule has 3 aliphatic rings. The Morgan fingerprint density at radius 2 is 1.18 bits per heavy atom. The number of primary amides is 1. The molecule has 46 heteroatoms. The van der Waals surface area contributed by atoms with Crippen molar-refractivity contribution in [3.63, 3.8) is 0 Å². The van der Waals surface area contributed by atoms with Gasteiger partial charge < -0.3 is 123 Å². The number of aliphatic hydroxyl groups is 1. The van der Waals surface area contributed by atoms with E-state index in [2.05, 4.69) is 79.1 Å². The molecule has 3 saturated heterocycles. The molecule has 111 heavy (non-hydrogen) atoms. The first-order valence-electron chi connectivity index (χ1n) is 35.9. The van der Waals surface area contributed by atoms with Crippen molar-refractivity contribution in [2.45, 2.75) is 204 Å². The number of carboxylic acids is 2. The summed E-state index contributed by atoms with van der Waals surface area (Å²) in [4.78, 5) is 257. The van der Waals surface area contributed by atoms with Gasteiger partial charge in [0.2, 0.25) is 94.5 Å². The second-order valence-corrected chi connectivity index (χ2v) is 30.8. The summed E-state index contributed by atoms with van der Waals surface area (Å²) < 4.78 is 0. The van der Waals surface area contributed by atoms with Crippen molar-refractivity contribution >= 4 is 152 Å². The van der Waals surface area contributed by atoms with Gasteiger partial charge in [0.05, 0.1) is 32.5 Å². The number of aliphatic imine (C=N–C) groups is 2. The number of nitrogens with one attached hydrogen (secondary N) is 13. The number of carboxylic acid groups (broad SMARTS) is 2. The van der Waals surface area contributed by atoms with E-state index in [0.717, 1.165) is 33.4 Å². The van der Waals surface area contributed by atoms with Crippen LogP contribution in [0.25, 0.3) is 0 Å². The number of carbonyl (C=O) groups excluding carboxylic acids is 16. The zero-order valence-electron chi connectivity index (χ0n) is 63.0. The van der Waals surface area contributed by atoms with Crippen LogP contribution in [0.1, 0.15) is 125 Å². The van der Waals surface area contributed by atoms with Crippen molar-refractivity contribution in [3.05, 3.63) is 0 Å². The number of guanidine groups is 2. The Hall–Kier alpha value is -9.99. The molecule has 0 bridgehead atoms. The van der Waals surface area contributed by atoms with E-state index >= 15 is 9.59 Å². The summed E-state index contributed by atoms with van der Waals surface area (Å²) in [6, 6.07) is -19.9. The van der Waals surface area contributed by atoms with Gasteiger partial charge in [-0.2, -0.15) is 11.8 Å². The average molecular weight is 1630 g/mol. The third-order valence-corrected chi connectivity index (χ3v) is 20.2. The molecule has 26 N–H and O–H groups in total. The summed E-state index contributed by atoms with van der Waals surface area (Å²) in [7, 11) is 1.53. The fraction of sp³-hybridized carbons (Fsp3) is 0.692. The summed E-state index contributed by atoms with van der Waals surface area (Å²) in [6.45, 7) is 5.96. The van der Waals surface area contributed by atoms with Crippen LogP contribution >= 0.6 is 33.3 Å². The van der Waals surface area contributed by atoms with Gasteiger partial charge in [0, 0.05) is 44.6 Å². The first-order valence-corrected chi connectivity index (χ1v) is 39.8. The number of fused-ring (bicyclic) bond motifs is 1. The van der Waals surface area contributed by atoms with Crippen LogP contribution in [-0.4, -0.2) is 291 Å². The predicted octanol–water partition coefficient (Wildman–Crippen LogP) is -8.65. The van der Waals surface area contributed by atoms with Gasteiger partial charge in [-0.05, 0) is 101 Å².